The largest absolute Gasteiger partial charge is 0.388 e. The van der Waals surface area contributed by atoms with Gasteiger partial charge in [-0.2, -0.15) is 0 Å². The number of aliphatic hydroxyl groups excluding tert-OH is 1. The normalized spacial score (nSPS) is 20.7. The van der Waals surface area contributed by atoms with Gasteiger partial charge in [-0.15, -0.1) is 0 Å². The number of hydrogen-bond acceptors (Lipinski definition) is 2. The van der Waals surface area contributed by atoms with Crippen LogP contribution in [0.15, 0.2) is 28.7 Å². The Morgan fingerprint density at radius 3 is 2.38 bits per heavy atom. The number of hydrogen-bond donors (Lipinski definition) is 1. The number of aliphatic hydroxyl groups is 1. The van der Waals surface area contributed by atoms with E-state index in [2.05, 4.69) is 41.7 Å². The van der Waals surface area contributed by atoms with Crippen molar-refractivity contribution in [3.8, 4) is 0 Å². The van der Waals surface area contributed by atoms with E-state index in [1.807, 2.05) is 24.3 Å². The third-order valence-electron chi connectivity index (χ3n) is 4.94. The van der Waals surface area contributed by atoms with Gasteiger partial charge >= 0.3 is 0 Å². The van der Waals surface area contributed by atoms with E-state index in [0.29, 0.717) is 11.5 Å². The molecular weight excluding hydrogens is 326 g/mol. The summed E-state index contributed by atoms with van der Waals surface area (Å²) in [5.74, 6) is 0. The van der Waals surface area contributed by atoms with Crippen LogP contribution < -0.4 is 0 Å². The standard InChI is InChI=1S/C18H28BrNO/c1-18(2)11-8-16(9-12-18)20(3)13-10-17(21)14-4-6-15(19)7-5-14/h4-7,16-17,21H,8-13H2,1-3H3. The van der Waals surface area contributed by atoms with Crippen LogP contribution in [0.2, 0.25) is 0 Å². The molecule has 1 saturated carbocycles. The molecule has 2 nitrogen and oxygen atoms in total. The predicted molar refractivity (Wildman–Crippen MR) is 92.4 cm³/mol. The topological polar surface area (TPSA) is 23.5 Å². The van der Waals surface area contributed by atoms with E-state index in [1.165, 1.54) is 25.7 Å². The Morgan fingerprint density at radius 1 is 1.24 bits per heavy atom. The van der Waals surface area contributed by atoms with Gasteiger partial charge in [-0.1, -0.05) is 41.9 Å². The van der Waals surface area contributed by atoms with Crippen molar-refractivity contribution in [1.82, 2.24) is 4.90 Å². The summed E-state index contributed by atoms with van der Waals surface area (Å²) >= 11 is 3.43. The molecule has 2 rings (SSSR count). The number of rotatable bonds is 5. The highest BCUT2D eigenvalue weighted by Gasteiger charge is 2.28. The fraction of sp³-hybridized carbons (Fsp3) is 0.667. The van der Waals surface area contributed by atoms with Gasteiger partial charge < -0.3 is 10.0 Å². The minimum Gasteiger partial charge on any atom is -0.388 e. The highest BCUT2D eigenvalue weighted by Crippen LogP contribution is 2.36. The Kier molecular flexibility index (Phi) is 5.87. The van der Waals surface area contributed by atoms with Crippen molar-refractivity contribution in [3.63, 3.8) is 0 Å². The maximum Gasteiger partial charge on any atom is 0.0802 e. The molecule has 1 N–H and O–H groups in total. The molecule has 21 heavy (non-hydrogen) atoms. The second-order valence-electron chi connectivity index (χ2n) is 7.23. The van der Waals surface area contributed by atoms with Gasteiger partial charge in [0.2, 0.25) is 0 Å². The Morgan fingerprint density at radius 2 is 1.81 bits per heavy atom. The zero-order chi connectivity index (χ0) is 15.5. The van der Waals surface area contributed by atoms with Crippen LogP contribution in [0, 0.1) is 5.41 Å². The van der Waals surface area contributed by atoms with Gasteiger partial charge in [0.25, 0.3) is 0 Å². The SMILES string of the molecule is CN(CCC(O)c1ccc(Br)cc1)C1CCC(C)(C)CC1. The number of halogens is 1. The smallest absolute Gasteiger partial charge is 0.0802 e. The van der Waals surface area contributed by atoms with E-state index >= 15 is 0 Å². The molecule has 0 heterocycles. The Balaban J connectivity index is 1.78. The van der Waals surface area contributed by atoms with E-state index in [1.54, 1.807) is 0 Å². The summed E-state index contributed by atoms with van der Waals surface area (Å²) in [6.45, 7) is 5.71. The second kappa shape index (κ2) is 7.26. The maximum absolute atomic E-state index is 10.3. The van der Waals surface area contributed by atoms with Crippen LogP contribution in [0.1, 0.15) is 57.6 Å². The Hall–Kier alpha value is -0.380. The summed E-state index contributed by atoms with van der Waals surface area (Å²) < 4.78 is 1.06. The van der Waals surface area contributed by atoms with Crippen molar-refractivity contribution in [2.45, 2.75) is 58.1 Å². The van der Waals surface area contributed by atoms with Crippen molar-refractivity contribution in [2.75, 3.05) is 13.6 Å². The fourth-order valence-electron chi connectivity index (χ4n) is 3.18. The molecule has 118 valence electrons. The average Bonchev–Trinajstić information content (AvgIpc) is 2.45. The maximum atomic E-state index is 10.3. The predicted octanol–water partition coefficient (Wildman–Crippen LogP) is 4.77. The molecule has 1 unspecified atom stereocenters. The summed E-state index contributed by atoms with van der Waals surface area (Å²) in [6, 6.07) is 8.67. The lowest BCUT2D eigenvalue weighted by Crippen LogP contribution is -2.38. The van der Waals surface area contributed by atoms with Gasteiger partial charge in [0.1, 0.15) is 0 Å². The molecule has 1 aromatic rings. The van der Waals surface area contributed by atoms with Gasteiger partial charge in [-0.3, -0.25) is 0 Å². The molecule has 1 atom stereocenters. The quantitative estimate of drug-likeness (QED) is 0.823. The Bertz CT molecular complexity index is 433. The molecule has 1 aliphatic rings. The van der Waals surface area contributed by atoms with Gasteiger partial charge in [-0.05, 0) is 62.3 Å². The third kappa shape index (κ3) is 5.08. The zero-order valence-electron chi connectivity index (χ0n) is 13.5. The number of benzene rings is 1. The number of nitrogens with zero attached hydrogens (tertiary/aromatic N) is 1. The second-order valence-corrected chi connectivity index (χ2v) is 8.15. The lowest BCUT2D eigenvalue weighted by atomic mass is 9.75. The lowest BCUT2D eigenvalue weighted by Gasteiger charge is -2.38. The van der Waals surface area contributed by atoms with Crippen LogP contribution in [0.5, 0.6) is 0 Å². The van der Waals surface area contributed by atoms with Crippen molar-refractivity contribution in [2.24, 2.45) is 5.41 Å². The molecule has 0 bridgehead atoms. The van der Waals surface area contributed by atoms with Crippen LogP contribution in [0.25, 0.3) is 0 Å². The zero-order valence-corrected chi connectivity index (χ0v) is 15.1. The molecule has 0 saturated heterocycles. The van der Waals surface area contributed by atoms with Gasteiger partial charge in [0, 0.05) is 17.1 Å². The summed E-state index contributed by atoms with van der Waals surface area (Å²) in [5, 5.41) is 10.3. The van der Waals surface area contributed by atoms with E-state index < -0.39 is 0 Å². The highest BCUT2D eigenvalue weighted by molar-refractivity contribution is 9.10. The van der Waals surface area contributed by atoms with E-state index in [4.69, 9.17) is 0 Å². The molecule has 0 aliphatic heterocycles. The van der Waals surface area contributed by atoms with Gasteiger partial charge in [-0.25, -0.2) is 0 Å². The first-order valence-electron chi connectivity index (χ1n) is 8.01. The van der Waals surface area contributed by atoms with E-state index in [9.17, 15) is 5.11 Å². The van der Waals surface area contributed by atoms with Crippen molar-refractivity contribution < 1.29 is 5.11 Å². The molecule has 1 aliphatic carbocycles. The molecule has 0 radical (unpaired) electrons. The summed E-state index contributed by atoms with van der Waals surface area (Å²) in [6.07, 6.45) is 5.66. The van der Waals surface area contributed by atoms with Crippen molar-refractivity contribution >= 4 is 15.9 Å². The summed E-state index contributed by atoms with van der Waals surface area (Å²) in [5.41, 5.74) is 1.53. The molecule has 3 heteroatoms. The Labute approximate surface area is 137 Å². The molecule has 0 amide bonds. The highest BCUT2D eigenvalue weighted by atomic mass is 79.9. The molecule has 1 fully saturated rings. The van der Waals surface area contributed by atoms with Crippen molar-refractivity contribution in [3.05, 3.63) is 34.3 Å². The molecule has 0 aromatic heterocycles. The fourth-order valence-corrected chi connectivity index (χ4v) is 3.45. The van der Waals surface area contributed by atoms with Gasteiger partial charge in [0.15, 0.2) is 0 Å². The first kappa shape index (κ1) is 17.0. The summed E-state index contributed by atoms with van der Waals surface area (Å²) in [4.78, 5) is 2.44. The van der Waals surface area contributed by atoms with Crippen LogP contribution in [-0.2, 0) is 0 Å². The van der Waals surface area contributed by atoms with E-state index in [-0.39, 0.29) is 6.10 Å². The van der Waals surface area contributed by atoms with Gasteiger partial charge in [0.05, 0.1) is 6.10 Å². The van der Waals surface area contributed by atoms with E-state index in [0.717, 1.165) is 23.0 Å². The van der Waals surface area contributed by atoms with Crippen LogP contribution in [0.4, 0.5) is 0 Å². The molecular formula is C18H28BrNO. The monoisotopic (exact) mass is 353 g/mol. The average molecular weight is 354 g/mol. The first-order chi connectivity index (χ1) is 9.87. The van der Waals surface area contributed by atoms with Crippen LogP contribution in [-0.4, -0.2) is 29.6 Å². The third-order valence-corrected chi connectivity index (χ3v) is 5.47. The van der Waals surface area contributed by atoms with Crippen LogP contribution in [0.3, 0.4) is 0 Å². The minimum absolute atomic E-state index is 0.361. The first-order valence-corrected chi connectivity index (χ1v) is 8.80. The molecule has 1 aromatic carbocycles. The lowest BCUT2D eigenvalue weighted by molar-refractivity contribution is 0.101. The minimum atomic E-state index is -0.361. The summed E-state index contributed by atoms with van der Waals surface area (Å²) in [7, 11) is 2.21. The van der Waals surface area contributed by atoms with Crippen LogP contribution >= 0.6 is 15.9 Å². The van der Waals surface area contributed by atoms with Crippen molar-refractivity contribution in [1.29, 1.82) is 0 Å². The molecule has 0 spiro atoms.